The van der Waals surface area contributed by atoms with Crippen molar-refractivity contribution >= 4 is 40.8 Å². The van der Waals surface area contributed by atoms with Crippen LogP contribution in [0.1, 0.15) is 17.3 Å². The van der Waals surface area contributed by atoms with E-state index in [9.17, 15) is 9.18 Å². The number of nitrogens with zero attached hydrogens (tertiary/aromatic N) is 5. The number of aromatic nitrogens is 5. The molecule has 0 amide bonds. The molecule has 32 heavy (non-hydrogen) atoms. The molecule has 4 rings (SSSR count). The van der Waals surface area contributed by atoms with Crippen LogP contribution in [0.15, 0.2) is 55.2 Å². The van der Waals surface area contributed by atoms with Crippen LogP contribution in [0.3, 0.4) is 0 Å². The van der Waals surface area contributed by atoms with E-state index in [0.29, 0.717) is 27.7 Å². The number of anilines is 2. The Kier molecular flexibility index (Phi) is 6.29. The van der Waals surface area contributed by atoms with Crippen LogP contribution in [-0.4, -0.2) is 37.3 Å². The molecule has 1 aromatic carbocycles. The van der Waals surface area contributed by atoms with E-state index in [1.165, 1.54) is 35.3 Å². The number of hydrogen-bond donors (Lipinski definition) is 1. The molecular formula is C21H15Cl2FN6O2. The molecule has 0 bridgehead atoms. The molecule has 0 atom stereocenters. The first-order valence-corrected chi connectivity index (χ1v) is 10.1. The summed E-state index contributed by atoms with van der Waals surface area (Å²) in [6.45, 7) is 1.97. The summed E-state index contributed by atoms with van der Waals surface area (Å²) in [5, 5.41) is 7.57. The van der Waals surface area contributed by atoms with E-state index in [1.54, 1.807) is 31.6 Å². The van der Waals surface area contributed by atoms with Crippen molar-refractivity contribution in [2.45, 2.75) is 6.92 Å². The van der Waals surface area contributed by atoms with E-state index in [2.05, 4.69) is 25.4 Å². The maximum atomic E-state index is 13.4. The third-order valence-corrected chi connectivity index (χ3v) is 4.76. The summed E-state index contributed by atoms with van der Waals surface area (Å²) in [5.41, 5.74) is 1.91. The summed E-state index contributed by atoms with van der Waals surface area (Å²) < 4.78 is 20.0. The van der Waals surface area contributed by atoms with Crippen LogP contribution >= 0.6 is 23.2 Å². The zero-order valence-electron chi connectivity index (χ0n) is 16.6. The molecule has 0 radical (unpaired) electrons. The number of rotatable bonds is 6. The van der Waals surface area contributed by atoms with Gasteiger partial charge in [0.1, 0.15) is 5.82 Å². The largest absolute Gasteiger partial charge is 0.462 e. The minimum Gasteiger partial charge on any atom is -0.462 e. The number of pyridine rings is 1. The van der Waals surface area contributed by atoms with Gasteiger partial charge in [0.25, 0.3) is 0 Å². The van der Waals surface area contributed by atoms with Crippen LogP contribution < -0.4 is 5.32 Å². The van der Waals surface area contributed by atoms with Crippen molar-refractivity contribution in [2.75, 3.05) is 11.9 Å². The second-order valence-corrected chi connectivity index (χ2v) is 7.31. The van der Waals surface area contributed by atoms with Crippen LogP contribution in [0.2, 0.25) is 10.0 Å². The van der Waals surface area contributed by atoms with E-state index in [4.69, 9.17) is 27.9 Å². The fourth-order valence-corrected chi connectivity index (χ4v) is 3.16. The van der Waals surface area contributed by atoms with E-state index < -0.39 is 11.8 Å². The van der Waals surface area contributed by atoms with Crippen molar-refractivity contribution in [3.63, 3.8) is 0 Å². The molecule has 0 saturated heterocycles. The zero-order chi connectivity index (χ0) is 22.7. The normalized spacial score (nSPS) is 10.8. The van der Waals surface area contributed by atoms with E-state index >= 15 is 0 Å². The number of carbonyl (C=O) groups is 1. The van der Waals surface area contributed by atoms with Crippen molar-refractivity contribution in [1.82, 2.24) is 24.7 Å². The Morgan fingerprint density at radius 3 is 2.75 bits per heavy atom. The molecule has 0 spiro atoms. The quantitative estimate of drug-likeness (QED) is 0.390. The molecule has 0 saturated carbocycles. The standard InChI is InChI=1S/C21H15Cl2FN6O2/c1-2-32-20(31)13-5-12(7-25-8-13)16-10-26-21(28-15-3-4-18(24)17(23)6-15)29-19(16)30-11-14(22)9-27-30/h3-11H,2H2,1H3,(H,26,28,29). The topological polar surface area (TPSA) is 94.8 Å². The number of ether oxygens (including phenoxy) is 1. The summed E-state index contributed by atoms with van der Waals surface area (Å²) in [5.74, 6) is -0.426. The van der Waals surface area contributed by atoms with Gasteiger partial charge in [-0.05, 0) is 31.2 Å². The van der Waals surface area contributed by atoms with E-state index in [1.807, 2.05) is 0 Å². The van der Waals surface area contributed by atoms with Gasteiger partial charge >= 0.3 is 5.97 Å². The van der Waals surface area contributed by atoms with Gasteiger partial charge in [-0.2, -0.15) is 10.1 Å². The highest BCUT2D eigenvalue weighted by Crippen LogP contribution is 2.28. The Bertz CT molecular complexity index is 1300. The zero-order valence-corrected chi connectivity index (χ0v) is 18.1. The number of hydrogen-bond acceptors (Lipinski definition) is 7. The van der Waals surface area contributed by atoms with Crippen LogP contribution in [0.4, 0.5) is 16.0 Å². The molecule has 0 fully saturated rings. The molecule has 3 heterocycles. The van der Waals surface area contributed by atoms with Gasteiger partial charge in [0, 0.05) is 35.4 Å². The smallest absolute Gasteiger partial charge is 0.339 e. The summed E-state index contributed by atoms with van der Waals surface area (Å²) in [6.07, 6.45) is 7.59. The predicted octanol–water partition coefficient (Wildman–Crippen LogP) is 5.09. The average Bonchev–Trinajstić information content (AvgIpc) is 3.23. The first kappa shape index (κ1) is 21.7. The second-order valence-electron chi connectivity index (χ2n) is 6.47. The number of carbonyl (C=O) groups excluding carboxylic acids is 1. The third kappa shape index (κ3) is 4.68. The van der Waals surface area contributed by atoms with Crippen LogP contribution in [0.25, 0.3) is 16.9 Å². The van der Waals surface area contributed by atoms with Crippen LogP contribution in [-0.2, 0) is 4.74 Å². The Hall–Kier alpha value is -3.56. The first-order chi connectivity index (χ1) is 15.4. The molecule has 0 aliphatic rings. The van der Waals surface area contributed by atoms with Gasteiger partial charge in [-0.1, -0.05) is 23.2 Å². The molecule has 8 nitrogen and oxygen atoms in total. The van der Waals surface area contributed by atoms with Gasteiger partial charge in [-0.25, -0.2) is 18.9 Å². The van der Waals surface area contributed by atoms with Crippen molar-refractivity contribution < 1.29 is 13.9 Å². The predicted molar refractivity (Wildman–Crippen MR) is 118 cm³/mol. The lowest BCUT2D eigenvalue weighted by Gasteiger charge is -2.12. The Morgan fingerprint density at radius 2 is 2.03 bits per heavy atom. The van der Waals surface area contributed by atoms with Gasteiger partial charge < -0.3 is 10.1 Å². The first-order valence-electron chi connectivity index (χ1n) is 9.37. The fourth-order valence-electron chi connectivity index (χ4n) is 2.84. The summed E-state index contributed by atoms with van der Waals surface area (Å²) >= 11 is 11.9. The lowest BCUT2D eigenvalue weighted by molar-refractivity contribution is 0.0526. The molecule has 1 N–H and O–H groups in total. The minimum atomic E-state index is -0.533. The molecule has 0 aliphatic heterocycles. The van der Waals surface area contributed by atoms with Gasteiger partial charge in [-0.3, -0.25) is 4.98 Å². The van der Waals surface area contributed by atoms with Crippen molar-refractivity contribution in [2.24, 2.45) is 0 Å². The molecular weight excluding hydrogens is 458 g/mol. The van der Waals surface area contributed by atoms with E-state index in [-0.39, 0.29) is 23.1 Å². The maximum absolute atomic E-state index is 13.4. The summed E-state index contributed by atoms with van der Waals surface area (Å²) in [7, 11) is 0. The van der Waals surface area contributed by atoms with Gasteiger partial charge in [-0.15, -0.1) is 0 Å². The lowest BCUT2D eigenvalue weighted by Crippen LogP contribution is -2.08. The highest BCUT2D eigenvalue weighted by molar-refractivity contribution is 6.31. The van der Waals surface area contributed by atoms with E-state index in [0.717, 1.165) is 0 Å². The average molecular weight is 473 g/mol. The SMILES string of the molecule is CCOC(=O)c1cncc(-c2cnc(Nc3ccc(F)c(Cl)c3)nc2-n2cc(Cl)cn2)c1. The van der Waals surface area contributed by atoms with Crippen LogP contribution in [0.5, 0.6) is 0 Å². The minimum absolute atomic E-state index is 0.0347. The number of esters is 1. The van der Waals surface area contributed by atoms with Gasteiger partial charge in [0.15, 0.2) is 5.82 Å². The van der Waals surface area contributed by atoms with Crippen molar-refractivity contribution in [3.05, 3.63) is 76.7 Å². The van der Waals surface area contributed by atoms with Gasteiger partial charge in [0.2, 0.25) is 5.95 Å². The monoisotopic (exact) mass is 472 g/mol. The Morgan fingerprint density at radius 1 is 1.19 bits per heavy atom. The Labute approximate surface area is 192 Å². The summed E-state index contributed by atoms with van der Waals surface area (Å²) in [4.78, 5) is 25.1. The Balaban J connectivity index is 1.77. The van der Waals surface area contributed by atoms with Crippen molar-refractivity contribution in [1.29, 1.82) is 0 Å². The molecule has 0 unspecified atom stereocenters. The molecule has 0 aliphatic carbocycles. The molecule has 162 valence electrons. The highest BCUT2D eigenvalue weighted by Gasteiger charge is 2.16. The maximum Gasteiger partial charge on any atom is 0.339 e. The van der Waals surface area contributed by atoms with Crippen molar-refractivity contribution in [3.8, 4) is 16.9 Å². The lowest BCUT2D eigenvalue weighted by atomic mass is 10.1. The van der Waals surface area contributed by atoms with Gasteiger partial charge in [0.05, 0.1) is 34.6 Å². The summed E-state index contributed by atoms with van der Waals surface area (Å²) in [6, 6.07) is 5.80. The van der Waals surface area contributed by atoms with Crippen LogP contribution in [0, 0.1) is 5.82 Å². The number of halogens is 3. The molecule has 4 aromatic rings. The molecule has 11 heteroatoms. The number of benzene rings is 1. The highest BCUT2D eigenvalue weighted by atomic mass is 35.5. The number of nitrogens with one attached hydrogen (secondary N) is 1. The fraction of sp³-hybridized carbons (Fsp3) is 0.0952. The third-order valence-electron chi connectivity index (χ3n) is 4.27. The second kappa shape index (κ2) is 9.29. The molecule has 3 aromatic heterocycles.